The molecule has 3 rings (SSSR count). The van der Waals surface area contributed by atoms with Crippen molar-refractivity contribution >= 4 is 11.6 Å². The second-order valence-electron chi connectivity index (χ2n) is 4.36. The molecule has 0 unspecified atom stereocenters. The van der Waals surface area contributed by atoms with Gasteiger partial charge in [0.05, 0.1) is 24.3 Å². The number of ether oxygens (including phenoxy) is 1. The maximum Gasteiger partial charge on any atom is 0.339 e. The molecule has 1 aliphatic rings. The molecule has 0 bridgehead atoms. The van der Waals surface area contributed by atoms with Gasteiger partial charge in [-0.2, -0.15) is 0 Å². The first-order valence-corrected chi connectivity index (χ1v) is 5.46. The molecule has 18 heavy (non-hydrogen) atoms. The van der Waals surface area contributed by atoms with Crippen molar-refractivity contribution in [2.45, 2.75) is 18.3 Å². The molecule has 6 heteroatoms. The van der Waals surface area contributed by atoms with Crippen LogP contribution in [0.2, 0.25) is 0 Å². The van der Waals surface area contributed by atoms with E-state index in [0.717, 1.165) is 0 Å². The lowest BCUT2D eigenvalue weighted by molar-refractivity contribution is 0.0600. The Morgan fingerprint density at radius 3 is 2.83 bits per heavy atom. The third-order valence-electron chi connectivity index (χ3n) is 3.07. The Kier molecular flexibility index (Phi) is 2.17. The van der Waals surface area contributed by atoms with Crippen LogP contribution in [0.15, 0.2) is 24.5 Å². The van der Waals surface area contributed by atoms with Crippen LogP contribution in [0.1, 0.15) is 28.4 Å². The van der Waals surface area contributed by atoms with Crippen molar-refractivity contribution in [2.75, 3.05) is 7.11 Å². The number of esters is 1. The molecule has 2 heterocycles. The van der Waals surface area contributed by atoms with E-state index < -0.39 is 17.8 Å². The Hall–Kier alpha value is -1.98. The fourth-order valence-electron chi connectivity index (χ4n) is 1.95. The molecule has 0 saturated heterocycles. The molecule has 2 aromatic rings. The average Bonchev–Trinajstić information content (AvgIpc) is 2.82. The SMILES string of the molecule is COC(=O)c1ccc2nc([C@H]3CC3(F)F)cn2c1. The number of carbonyl (C=O) groups is 1. The van der Waals surface area contributed by atoms with Crippen LogP contribution in [0.25, 0.3) is 5.65 Å². The van der Waals surface area contributed by atoms with E-state index in [1.165, 1.54) is 19.5 Å². The number of methoxy groups -OCH3 is 1. The highest BCUT2D eigenvalue weighted by molar-refractivity contribution is 5.89. The van der Waals surface area contributed by atoms with Crippen LogP contribution in [0.4, 0.5) is 8.78 Å². The predicted molar refractivity (Wildman–Crippen MR) is 58.8 cm³/mol. The molecule has 94 valence electrons. The number of alkyl halides is 2. The van der Waals surface area contributed by atoms with Crippen molar-refractivity contribution in [3.8, 4) is 0 Å². The summed E-state index contributed by atoms with van der Waals surface area (Å²) in [6.07, 6.45) is 2.91. The van der Waals surface area contributed by atoms with E-state index in [1.54, 1.807) is 16.5 Å². The minimum absolute atomic E-state index is 0.152. The van der Waals surface area contributed by atoms with Gasteiger partial charge in [0.2, 0.25) is 0 Å². The monoisotopic (exact) mass is 252 g/mol. The summed E-state index contributed by atoms with van der Waals surface area (Å²) in [4.78, 5) is 15.5. The van der Waals surface area contributed by atoms with Gasteiger partial charge in [0.25, 0.3) is 5.92 Å². The van der Waals surface area contributed by atoms with Gasteiger partial charge < -0.3 is 9.14 Å². The molecular formula is C12H10F2N2O2. The number of pyridine rings is 1. The van der Waals surface area contributed by atoms with Gasteiger partial charge in [-0.05, 0) is 12.1 Å². The van der Waals surface area contributed by atoms with E-state index in [-0.39, 0.29) is 6.42 Å². The highest BCUT2D eigenvalue weighted by Crippen LogP contribution is 2.55. The van der Waals surface area contributed by atoms with Crippen LogP contribution in [-0.2, 0) is 4.74 Å². The van der Waals surface area contributed by atoms with Gasteiger partial charge >= 0.3 is 5.97 Å². The highest BCUT2D eigenvalue weighted by atomic mass is 19.3. The summed E-state index contributed by atoms with van der Waals surface area (Å²) >= 11 is 0. The molecular weight excluding hydrogens is 242 g/mol. The van der Waals surface area contributed by atoms with E-state index in [0.29, 0.717) is 16.9 Å². The number of hydrogen-bond donors (Lipinski definition) is 0. The molecule has 2 aromatic heterocycles. The molecule has 1 atom stereocenters. The second-order valence-corrected chi connectivity index (χ2v) is 4.36. The van der Waals surface area contributed by atoms with E-state index in [9.17, 15) is 13.6 Å². The van der Waals surface area contributed by atoms with Gasteiger partial charge in [0.15, 0.2) is 0 Å². The summed E-state index contributed by atoms with van der Waals surface area (Å²) in [6.45, 7) is 0. The first-order valence-electron chi connectivity index (χ1n) is 5.46. The first-order chi connectivity index (χ1) is 8.51. The van der Waals surface area contributed by atoms with Gasteiger partial charge in [-0.25, -0.2) is 18.6 Å². The Morgan fingerprint density at radius 2 is 2.22 bits per heavy atom. The molecule has 4 nitrogen and oxygen atoms in total. The van der Waals surface area contributed by atoms with Gasteiger partial charge in [-0.1, -0.05) is 0 Å². The van der Waals surface area contributed by atoms with Crippen LogP contribution in [0.3, 0.4) is 0 Å². The van der Waals surface area contributed by atoms with Crippen LogP contribution < -0.4 is 0 Å². The van der Waals surface area contributed by atoms with Crippen molar-refractivity contribution in [3.63, 3.8) is 0 Å². The normalized spacial score (nSPS) is 20.9. The maximum absolute atomic E-state index is 12.9. The van der Waals surface area contributed by atoms with Gasteiger partial charge in [0, 0.05) is 18.8 Å². The number of nitrogens with zero attached hydrogens (tertiary/aromatic N) is 2. The third kappa shape index (κ3) is 1.64. The van der Waals surface area contributed by atoms with Crippen molar-refractivity contribution in [2.24, 2.45) is 0 Å². The standard InChI is InChI=1S/C12H10F2N2O2/c1-18-11(17)7-2-3-10-15-9(6-16(10)5-7)8-4-12(8,13)14/h2-3,5-6,8H,4H2,1H3/t8-/m1/s1. The molecule has 0 spiro atoms. The maximum atomic E-state index is 12.9. The Balaban J connectivity index is 2.00. The zero-order valence-electron chi connectivity index (χ0n) is 9.56. The average molecular weight is 252 g/mol. The number of fused-ring (bicyclic) bond motifs is 1. The number of imidazole rings is 1. The van der Waals surface area contributed by atoms with Crippen LogP contribution in [-0.4, -0.2) is 28.4 Å². The lowest BCUT2D eigenvalue weighted by Crippen LogP contribution is -2.02. The van der Waals surface area contributed by atoms with E-state index in [1.807, 2.05) is 0 Å². The van der Waals surface area contributed by atoms with Crippen LogP contribution in [0, 0.1) is 0 Å². The highest BCUT2D eigenvalue weighted by Gasteiger charge is 2.58. The zero-order chi connectivity index (χ0) is 12.9. The predicted octanol–water partition coefficient (Wildman–Crippen LogP) is 2.24. The summed E-state index contributed by atoms with van der Waals surface area (Å²) in [6, 6.07) is 3.17. The lowest BCUT2D eigenvalue weighted by Gasteiger charge is -1.99. The number of hydrogen-bond acceptors (Lipinski definition) is 3. The molecule has 1 saturated carbocycles. The summed E-state index contributed by atoms with van der Waals surface area (Å²) < 4.78 is 32.1. The van der Waals surface area contributed by atoms with Crippen LogP contribution >= 0.6 is 0 Å². The lowest BCUT2D eigenvalue weighted by atomic mass is 10.3. The Morgan fingerprint density at radius 1 is 1.50 bits per heavy atom. The minimum atomic E-state index is -2.64. The van der Waals surface area contributed by atoms with Crippen molar-refractivity contribution in [3.05, 3.63) is 35.8 Å². The van der Waals surface area contributed by atoms with E-state index >= 15 is 0 Å². The van der Waals surface area contributed by atoms with Crippen molar-refractivity contribution in [1.29, 1.82) is 0 Å². The largest absolute Gasteiger partial charge is 0.465 e. The Labute approximate surface area is 101 Å². The Bertz CT molecular complexity index is 636. The van der Waals surface area contributed by atoms with Gasteiger partial charge in [0.1, 0.15) is 5.65 Å². The second kappa shape index (κ2) is 3.51. The smallest absolute Gasteiger partial charge is 0.339 e. The van der Waals surface area contributed by atoms with E-state index in [4.69, 9.17) is 0 Å². The summed E-state index contributed by atoms with van der Waals surface area (Å²) in [5.74, 6) is -3.90. The fourth-order valence-corrected chi connectivity index (χ4v) is 1.95. The van der Waals surface area contributed by atoms with Gasteiger partial charge in [-0.3, -0.25) is 0 Å². The zero-order valence-corrected chi connectivity index (χ0v) is 9.56. The quantitative estimate of drug-likeness (QED) is 0.770. The van der Waals surface area contributed by atoms with Crippen molar-refractivity contribution < 1.29 is 18.3 Å². The number of rotatable bonds is 2. The topological polar surface area (TPSA) is 43.6 Å². The number of halogens is 2. The molecule has 0 aromatic carbocycles. The fraction of sp³-hybridized carbons (Fsp3) is 0.333. The molecule has 0 N–H and O–H groups in total. The summed E-state index contributed by atoms with van der Waals surface area (Å²) in [5, 5.41) is 0. The first kappa shape index (κ1) is 11.1. The number of carbonyl (C=O) groups excluding carboxylic acids is 1. The van der Waals surface area contributed by atoms with Crippen LogP contribution in [0.5, 0.6) is 0 Å². The molecule has 1 fully saturated rings. The third-order valence-corrected chi connectivity index (χ3v) is 3.07. The molecule has 0 radical (unpaired) electrons. The molecule has 0 amide bonds. The minimum Gasteiger partial charge on any atom is -0.465 e. The van der Waals surface area contributed by atoms with Crippen molar-refractivity contribution in [1.82, 2.24) is 9.38 Å². The summed E-state index contributed by atoms with van der Waals surface area (Å²) in [5.41, 5.74) is 1.26. The number of aromatic nitrogens is 2. The molecule has 1 aliphatic carbocycles. The molecule has 0 aliphatic heterocycles. The van der Waals surface area contributed by atoms with Gasteiger partial charge in [-0.15, -0.1) is 0 Å². The summed E-state index contributed by atoms with van der Waals surface area (Å²) in [7, 11) is 1.29. The van der Waals surface area contributed by atoms with E-state index in [2.05, 4.69) is 9.72 Å².